The van der Waals surface area contributed by atoms with Gasteiger partial charge in [0.05, 0.1) is 18.9 Å². The third-order valence-corrected chi connectivity index (χ3v) is 8.76. The van der Waals surface area contributed by atoms with Gasteiger partial charge in [-0.3, -0.25) is 9.59 Å². The minimum atomic E-state index is -3.18. The molecule has 3 atom stereocenters. The number of sulfonamides is 1. The van der Waals surface area contributed by atoms with Crippen LogP contribution in [0.25, 0.3) is 0 Å². The highest BCUT2D eigenvalue weighted by molar-refractivity contribution is 7.88. The molecule has 200 valence electrons. The fourth-order valence-corrected chi connectivity index (χ4v) is 6.26. The molecule has 1 saturated carbocycles. The molecule has 3 fully saturated rings. The van der Waals surface area contributed by atoms with Crippen LogP contribution >= 0.6 is 0 Å². The number of amides is 3. The van der Waals surface area contributed by atoms with Gasteiger partial charge in [0.2, 0.25) is 21.8 Å². The highest BCUT2D eigenvalue weighted by Gasteiger charge is 2.48. The van der Waals surface area contributed by atoms with Crippen LogP contribution in [0.3, 0.4) is 0 Å². The molecule has 0 aromatic heterocycles. The Morgan fingerprint density at radius 1 is 1.23 bits per heavy atom. The first-order valence-corrected chi connectivity index (χ1v) is 14.4. The summed E-state index contributed by atoms with van der Waals surface area (Å²) in [7, 11) is -3.18. The van der Waals surface area contributed by atoms with Gasteiger partial charge in [-0.05, 0) is 56.3 Å². The molecule has 2 saturated heterocycles. The van der Waals surface area contributed by atoms with E-state index in [0.717, 1.165) is 12.8 Å². The molecule has 2 aliphatic heterocycles. The van der Waals surface area contributed by atoms with Crippen molar-refractivity contribution in [3.8, 4) is 0 Å². The Morgan fingerprint density at radius 3 is 2.40 bits per heavy atom. The number of hydrogen-bond donors (Lipinski definition) is 4. The van der Waals surface area contributed by atoms with E-state index in [-0.39, 0.29) is 35.9 Å². The smallest absolute Gasteiger partial charge is 0.408 e. The van der Waals surface area contributed by atoms with Crippen LogP contribution in [0.1, 0.15) is 58.8 Å². The third kappa shape index (κ3) is 7.53. The Labute approximate surface area is 207 Å². The monoisotopic (exact) mass is 516 g/mol. The zero-order valence-corrected chi connectivity index (χ0v) is 21.7. The molecule has 3 aliphatic rings. The first-order valence-electron chi connectivity index (χ1n) is 12.5. The van der Waals surface area contributed by atoms with Crippen LogP contribution in [-0.2, 0) is 24.3 Å². The number of aliphatic hydroxyl groups is 1. The summed E-state index contributed by atoms with van der Waals surface area (Å²) in [6.45, 7) is 5.16. The predicted molar refractivity (Wildman–Crippen MR) is 129 cm³/mol. The number of rotatable bonds is 10. The summed E-state index contributed by atoms with van der Waals surface area (Å²) < 4.78 is 30.5. The Hall–Kier alpha value is -1.92. The topological polar surface area (TPSA) is 154 Å². The first-order chi connectivity index (χ1) is 16.4. The summed E-state index contributed by atoms with van der Waals surface area (Å²) in [6.07, 6.45) is 4.60. The van der Waals surface area contributed by atoms with Gasteiger partial charge in [-0.2, -0.15) is 0 Å². The summed E-state index contributed by atoms with van der Waals surface area (Å²) in [5.41, 5.74) is 0.0156. The SMILES string of the molecule is CC(C)C[C@H](NC(=O)OC1CC2(CCN(S(C)(=O)=O)CC2)C1)C(=O)N[C@H](CO)C[C@@H]1CCNC1=O. The van der Waals surface area contributed by atoms with Crippen LogP contribution < -0.4 is 16.0 Å². The molecule has 35 heavy (non-hydrogen) atoms. The van der Waals surface area contributed by atoms with Crippen molar-refractivity contribution < 1.29 is 32.6 Å². The summed E-state index contributed by atoms with van der Waals surface area (Å²) in [5, 5.41) is 17.9. The molecular formula is C23H40N4O7S. The molecule has 2 heterocycles. The van der Waals surface area contributed by atoms with Crippen LogP contribution in [0, 0.1) is 17.3 Å². The fraction of sp³-hybridized carbons (Fsp3) is 0.870. The second kappa shape index (κ2) is 11.4. The fourth-order valence-electron chi connectivity index (χ4n) is 5.41. The maximum absolute atomic E-state index is 12.9. The van der Waals surface area contributed by atoms with Gasteiger partial charge < -0.3 is 25.8 Å². The van der Waals surface area contributed by atoms with E-state index in [1.54, 1.807) is 0 Å². The van der Waals surface area contributed by atoms with Gasteiger partial charge in [-0.1, -0.05) is 13.8 Å². The van der Waals surface area contributed by atoms with E-state index in [1.807, 2.05) is 13.8 Å². The zero-order valence-electron chi connectivity index (χ0n) is 20.9. The van der Waals surface area contributed by atoms with Crippen molar-refractivity contribution in [3.05, 3.63) is 0 Å². The molecule has 1 spiro atoms. The van der Waals surface area contributed by atoms with E-state index in [0.29, 0.717) is 51.7 Å². The molecule has 12 heteroatoms. The Kier molecular flexibility index (Phi) is 9.03. The number of nitrogens with one attached hydrogen (secondary N) is 3. The summed E-state index contributed by atoms with van der Waals surface area (Å²) in [4.78, 5) is 37.3. The van der Waals surface area contributed by atoms with Crippen LogP contribution in [0.15, 0.2) is 0 Å². The predicted octanol–water partition coefficient (Wildman–Crippen LogP) is 0.335. The summed E-state index contributed by atoms with van der Waals surface area (Å²) >= 11 is 0. The van der Waals surface area contributed by atoms with Gasteiger partial charge in [-0.15, -0.1) is 0 Å². The van der Waals surface area contributed by atoms with Crippen molar-refractivity contribution >= 4 is 27.9 Å². The van der Waals surface area contributed by atoms with Crippen LogP contribution in [0.2, 0.25) is 0 Å². The number of alkyl carbamates (subject to hydrolysis) is 1. The second-order valence-electron chi connectivity index (χ2n) is 10.8. The number of carbonyl (C=O) groups excluding carboxylic acids is 3. The lowest BCUT2D eigenvalue weighted by molar-refractivity contribution is -0.126. The molecule has 3 amide bonds. The molecule has 11 nitrogen and oxygen atoms in total. The number of piperidine rings is 1. The minimum absolute atomic E-state index is 0.0156. The van der Waals surface area contributed by atoms with Crippen molar-refractivity contribution in [2.24, 2.45) is 17.3 Å². The quantitative estimate of drug-likeness (QED) is 0.326. The van der Waals surface area contributed by atoms with Crippen molar-refractivity contribution in [1.82, 2.24) is 20.3 Å². The molecule has 3 rings (SSSR count). The standard InChI is InChI=1S/C23H40N4O7S/c1-15(2)10-19(21(30)25-17(14-28)11-16-4-7-24-20(16)29)26-22(31)34-18-12-23(13-18)5-8-27(9-6-23)35(3,32)33/h15-19,28H,4-14H2,1-3H3,(H,24,29)(H,25,30)(H,26,31)/t16-,17-,19-/m0/s1. The lowest BCUT2D eigenvalue weighted by Gasteiger charge is -2.50. The van der Waals surface area contributed by atoms with Crippen molar-refractivity contribution in [2.45, 2.75) is 77.0 Å². The number of aliphatic hydroxyl groups excluding tert-OH is 1. The number of hydrogen-bond acceptors (Lipinski definition) is 7. The number of ether oxygens (including phenoxy) is 1. The van der Waals surface area contributed by atoms with Gasteiger partial charge >= 0.3 is 6.09 Å². The minimum Gasteiger partial charge on any atom is -0.446 e. The van der Waals surface area contributed by atoms with Gasteiger partial charge in [0, 0.05) is 25.6 Å². The van der Waals surface area contributed by atoms with Crippen molar-refractivity contribution in [2.75, 3.05) is 32.5 Å². The number of carbonyl (C=O) groups is 3. The first kappa shape index (κ1) is 27.7. The van der Waals surface area contributed by atoms with E-state index in [2.05, 4.69) is 16.0 Å². The van der Waals surface area contributed by atoms with Gasteiger partial charge in [0.15, 0.2) is 0 Å². The zero-order chi connectivity index (χ0) is 25.8. The van der Waals surface area contributed by atoms with E-state index in [4.69, 9.17) is 4.74 Å². The molecule has 0 unspecified atom stereocenters. The van der Waals surface area contributed by atoms with E-state index in [1.165, 1.54) is 10.6 Å². The van der Waals surface area contributed by atoms with E-state index < -0.39 is 34.1 Å². The van der Waals surface area contributed by atoms with Gasteiger partial charge in [0.1, 0.15) is 12.1 Å². The molecule has 0 radical (unpaired) electrons. The van der Waals surface area contributed by atoms with E-state index >= 15 is 0 Å². The second-order valence-corrected chi connectivity index (χ2v) is 12.8. The highest BCUT2D eigenvalue weighted by Crippen LogP contribution is 2.50. The third-order valence-electron chi connectivity index (χ3n) is 7.46. The number of nitrogens with zero attached hydrogens (tertiary/aromatic N) is 1. The Balaban J connectivity index is 1.47. The maximum Gasteiger partial charge on any atom is 0.408 e. The molecule has 0 aromatic rings. The summed E-state index contributed by atoms with van der Waals surface area (Å²) in [5.74, 6) is -0.597. The molecule has 4 N–H and O–H groups in total. The highest BCUT2D eigenvalue weighted by atomic mass is 32.2. The maximum atomic E-state index is 12.9. The van der Waals surface area contributed by atoms with Gasteiger partial charge in [0.25, 0.3) is 0 Å². The lowest BCUT2D eigenvalue weighted by atomic mass is 9.62. The molecule has 1 aliphatic carbocycles. The largest absolute Gasteiger partial charge is 0.446 e. The van der Waals surface area contributed by atoms with Crippen molar-refractivity contribution in [3.63, 3.8) is 0 Å². The lowest BCUT2D eigenvalue weighted by Crippen LogP contribution is -2.54. The molecule has 0 aromatic carbocycles. The van der Waals surface area contributed by atoms with Crippen molar-refractivity contribution in [1.29, 1.82) is 0 Å². The Bertz CT molecular complexity index is 878. The van der Waals surface area contributed by atoms with Crippen LogP contribution in [0.4, 0.5) is 4.79 Å². The van der Waals surface area contributed by atoms with Crippen LogP contribution in [-0.4, -0.2) is 86.4 Å². The van der Waals surface area contributed by atoms with E-state index in [9.17, 15) is 27.9 Å². The molecule has 0 bridgehead atoms. The Morgan fingerprint density at radius 2 is 1.89 bits per heavy atom. The summed E-state index contributed by atoms with van der Waals surface area (Å²) in [6, 6.07) is -1.39. The normalized spacial score (nSPS) is 24.5. The average molecular weight is 517 g/mol. The molecular weight excluding hydrogens is 476 g/mol. The van der Waals surface area contributed by atoms with Crippen LogP contribution in [0.5, 0.6) is 0 Å². The van der Waals surface area contributed by atoms with Gasteiger partial charge in [-0.25, -0.2) is 17.5 Å². The average Bonchev–Trinajstić information content (AvgIpc) is 3.15.